The van der Waals surface area contributed by atoms with E-state index in [1.807, 2.05) is 30.3 Å². The van der Waals surface area contributed by atoms with Crippen LogP contribution in [-0.2, 0) is 25.6 Å². The van der Waals surface area contributed by atoms with Crippen LogP contribution in [0, 0.1) is 17.8 Å². The third kappa shape index (κ3) is 2.24. The molecule has 1 aromatic rings. The van der Waals surface area contributed by atoms with Crippen LogP contribution in [0.2, 0.25) is 0 Å². The first-order valence-corrected chi connectivity index (χ1v) is 8.54. The van der Waals surface area contributed by atoms with Gasteiger partial charge in [0.1, 0.15) is 14.5 Å². The van der Waals surface area contributed by atoms with Crippen molar-refractivity contribution in [2.75, 3.05) is 0 Å². The van der Waals surface area contributed by atoms with Crippen molar-refractivity contribution < 1.29 is 19.0 Å². The molecule has 0 spiro atoms. The lowest BCUT2D eigenvalue weighted by molar-refractivity contribution is -0.282. The largest absolute Gasteiger partial charge is 0.461 e. The fourth-order valence-corrected chi connectivity index (χ4v) is 4.64. The molecular formula is C18H23BO4. The molecule has 0 radical (unpaired) electrons. The van der Waals surface area contributed by atoms with Gasteiger partial charge in [0.05, 0.1) is 29.7 Å². The Hall–Kier alpha value is -1.33. The minimum atomic E-state index is -0.178. The molecule has 4 bridgehead atoms. The predicted molar refractivity (Wildman–Crippen MR) is 87.5 cm³/mol. The molecule has 4 heterocycles. The average molecular weight is 314 g/mol. The second kappa shape index (κ2) is 5.35. The predicted octanol–water partition coefficient (Wildman–Crippen LogP) is 1.52. The van der Waals surface area contributed by atoms with Crippen LogP contribution in [0.3, 0.4) is 0 Å². The summed E-state index contributed by atoms with van der Waals surface area (Å²) in [5.41, 5.74) is 0.871. The molecule has 5 unspecified atom stereocenters. The molecular weight excluding hydrogens is 291 g/mol. The van der Waals surface area contributed by atoms with Crippen molar-refractivity contribution in [3.8, 4) is 0 Å². The lowest BCUT2D eigenvalue weighted by atomic mass is 9.59. The molecule has 4 saturated heterocycles. The van der Waals surface area contributed by atoms with E-state index in [0.717, 1.165) is 12.0 Å². The fourth-order valence-electron chi connectivity index (χ4n) is 4.64. The van der Waals surface area contributed by atoms with Gasteiger partial charge in [0.2, 0.25) is 0 Å². The average Bonchev–Trinajstić information content (AvgIpc) is 2.76. The van der Waals surface area contributed by atoms with Gasteiger partial charge in [-0.15, -0.1) is 0 Å². The molecule has 5 aliphatic rings. The van der Waals surface area contributed by atoms with Gasteiger partial charge in [-0.3, -0.25) is 4.79 Å². The van der Waals surface area contributed by atoms with Gasteiger partial charge in [-0.05, 0) is 18.9 Å². The highest BCUT2D eigenvalue weighted by Crippen LogP contribution is 2.58. The van der Waals surface area contributed by atoms with Crippen LogP contribution < -0.4 is 0 Å². The molecule has 4 aliphatic heterocycles. The zero-order valence-corrected chi connectivity index (χ0v) is 13.9. The van der Waals surface area contributed by atoms with E-state index in [1.165, 1.54) is 0 Å². The Morgan fingerprint density at radius 2 is 2.09 bits per heavy atom. The van der Waals surface area contributed by atoms with Crippen LogP contribution in [-0.4, -0.2) is 37.6 Å². The second-order valence-corrected chi connectivity index (χ2v) is 7.40. The molecule has 5 heteroatoms. The van der Waals surface area contributed by atoms with Gasteiger partial charge < -0.3 is 14.2 Å². The van der Waals surface area contributed by atoms with Crippen molar-refractivity contribution in [2.45, 2.75) is 50.7 Å². The standard InChI is InChI=1S/C18H23BO4/c1-10-14-12(17(20)21-9-11-6-4-3-5-7-11)8-13-15(16(19)22-14)23-18(10,13)2/h3-7,10,12-16H,8-9,19H2,1-2H3/t10-,12?,13?,14?,15?,16+,18?/m0/s1. The summed E-state index contributed by atoms with van der Waals surface area (Å²) >= 11 is 0. The van der Waals surface area contributed by atoms with Gasteiger partial charge in [0.25, 0.3) is 0 Å². The molecule has 0 N–H and O–H groups in total. The highest BCUT2D eigenvalue weighted by atomic mass is 16.6. The van der Waals surface area contributed by atoms with E-state index in [9.17, 15) is 4.79 Å². The van der Waals surface area contributed by atoms with E-state index >= 15 is 0 Å². The summed E-state index contributed by atoms with van der Waals surface area (Å²) < 4.78 is 17.9. The number of hydrogen-bond donors (Lipinski definition) is 0. The summed E-state index contributed by atoms with van der Waals surface area (Å²) in [5, 5.41) is 0. The molecule has 7 atom stereocenters. The Bertz CT molecular complexity index is 606. The SMILES string of the molecule is B[C@@H]1OC2C(C(=O)OCc3ccccc3)CC3C1OC3(C)[C@H]2C. The highest BCUT2D eigenvalue weighted by molar-refractivity contribution is 6.11. The zero-order valence-electron chi connectivity index (χ0n) is 13.9. The van der Waals surface area contributed by atoms with Gasteiger partial charge in [0.15, 0.2) is 0 Å². The molecule has 1 aromatic carbocycles. The number of hydrogen-bond acceptors (Lipinski definition) is 4. The number of esters is 1. The molecule has 6 rings (SSSR count). The van der Waals surface area contributed by atoms with Crippen LogP contribution in [0.1, 0.15) is 25.8 Å². The van der Waals surface area contributed by atoms with Crippen LogP contribution in [0.25, 0.3) is 0 Å². The number of carbonyl (C=O) groups excluding carboxylic acids is 1. The molecule has 23 heavy (non-hydrogen) atoms. The van der Waals surface area contributed by atoms with Gasteiger partial charge in [-0.1, -0.05) is 37.3 Å². The fraction of sp³-hybridized carbons (Fsp3) is 0.611. The molecule has 1 saturated carbocycles. The number of ether oxygens (including phenoxy) is 3. The first-order valence-electron chi connectivity index (χ1n) is 8.54. The second-order valence-electron chi connectivity index (χ2n) is 7.40. The van der Waals surface area contributed by atoms with E-state index in [0.29, 0.717) is 12.5 Å². The summed E-state index contributed by atoms with van der Waals surface area (Å²) in [6, 6.07) is 9.86. The maximum Gasteiger partial charge on any atom is 0.311 e. The molecule has 0 amide bonds. The van der Waals surface area contributed by atoms with Crippen molar-refractivity contribution in [3.63, 3.8) is 0 Å². The minimum Gasteiger partial charge on any atom is -0.461 e. The quantitative estimate of drug-likeness (QED) is 0.627. The van der Waals surface area contributed by atoms with Crippen LogP contribution in [0.15, 0.2) is 30.3 Å². The van der Waals surface area contributed by atoms with E-state index in [-0.39, 0.29) is 41.6 Å². The van der Waals surface area contributed by atoms with E-state index in [4.69, 9.17) is 14.2 Å². The molecule has 5 fully saturated rings. The molecule has 1 aliphatic carbocycles. The number of carbonyl (C=O) groups is 1. The number of fused-ring (bicyclic) bond motifs is 1. The number of rotatable bonds is 3. The summed E-state index contributed by atoms with van der Waals surface area (Å²) in [4.78, 5) is 12.6. The van der Waals surface area contributed by atoms with Gasteiger partial charge in [-0.25, -0.2) is 0 Å². The smallest absolute Gasteiger partial charge is 0.311 e. The Labute approximate surface area is 137 Å². The molecule has 122 valence electrons. The summed E-state index contributed by atoms with van der Waals surface area (Å²) in [5.74, 6) is 0.285. The lowest BCUT2D eigenvalue weighted by Crippen LogP contribution is -2.67. The Morgan fingerprint density at radius 1 is 1.35 bits per heavy atom. The van der Waals surface area contributed by atoms with E-state index < -0.39 is 0 Å². The summed E-state index contributed by atoms with van der Waals surface area (Å²) in [7, 11) is 2.06. The monoisotopic (exact) mass is 314 g/mol. The van der Waals surface area contributed by atoms with E-state index in [1.54, 1.807) is 0 Å². The van der Waals surface area contributed by atoms with Crippen LogP contribution in [0.5, 0.6) is 0 Å². The van der Waals surface area contributed by atoms with Crippen molar-refractivity contribution in [1.29, 1.82) is 0 Å². The molecule has 4 nitrogen and oxygen atoms in total. The topological polar surface area (TPSA) is 44.8 Å². The Morgan fingerprint density at radius 3 is 2.83 bits per heavy atom. The highest BCUT2D eigenvalue weighted by Gasteiger charge is 2.67. The summed E-state index contributed by atoms with van der Waals surface area (Å²) in [6.45, 7) is 4.63. The van der Waals surface area contributed by atoms with E-state index in [2.05, 4.69) is 21.7 Å². The van der Waals surface area contributed by atoms with Gasteiger partial charge in [0, 0.05) is 11.8 Å². The van der Waals surface area contributed by atoms with Crippen molar-refractivity contribution in [3.05, 3.63) is 35.9 Å². The van der Waals surface area contributed by atoms with Crippen LogP contribution in [0.4, 0.5) is 0 Å². The van der Waals surface area contributed by atoms with Gasteiger partial charge in [-0.2, -0.15) is 0 Å². The normalized spacial score (nSPS) is 44.3. The zero-order chi connectivity index (χ0) is 16.2. The lowest BCUT2D eigenvalue weighted by Gasteiger charge is -2.58. The third-order valence-corrected chi connectivity index (χ3v) is 6.19. The number of benzene rings is 1. The van der Waals surface area contributed by atoms with Crippen molar-refractivity contribution in [1.82, 2.24) is 0 Å². The third-order valence-electron chi connectivity index (χ3n) is 6.19. The molecule has 0 aromatic heterocycles. The van der Waals surface area contributed by atoms with Crippen molar-refractivity contribution in [2.24, 2.45) is 17.8 Å². The first-order chi connectivity index (χ1) is 11.0. The van der Waals surface area contributed by atoms with Crippen LogP contribution >= 0.6 is 0 Å². The van der Waals surface area contributed by atoms with Gasteiger partial charge >= 0.3 is 5.97 Å². The van der Waals surface area contributed by atoms with Crippen molar-refractivity contribution >= 4 is 13.8 Å². The Balaban J connectivity index is 1.48. The summed E-state index contributed by atoms with van der Waals surface area (Å²) in [6.07, 6.45) is 0.829. The minimum absolute atomic E-state index is 0.0509. The maximum absolute atomic E-state index is 12.6. The maximum atomic E-state index is 12.6. The first kappa shape index (κ1) is 15.2. The Kier molecular flexibility index (Phi) is 3.54.